The summed E-state index contributed by atoms with van der Waals surface area (Å²) in [6.45, 7) is 6.65. The number of nitrogens with zero attached hydrogens (tertiary/aromatic N) is 3. The Morgan fingerprint density at radius 2 is 1.77 bits per heavy atom. The number of hydrogen-bond donors (Lipinski definition) is 2. The average molecular weight is 544 g/mol. The van der Waals surface area contributed by atoms with Crippen LogP contribution in [0.1, 0.15) is 44.0 Å². The summed E-state index contributed by atoms with van der Waals surface area (Å²) >= 11 is 0. The van der Waals surface area contributed by atoms with E-state index >= 15 is 0 Å². The van der Waals surface area contributed by atoms with E-state index in [2.05, 4.69) is 15.2 Å². The van der Waals surface area contributed by atoms with Gasteiger partial charge in [0.05, 0.1) is 33.4 Å². The molecule has 0 spiro atoms. The van der Waals surface area contributed by atoms with Crippen LogP contribution in [0.3, 0.4) is 0 Å². The van der Waals surface area contributed by atoms with E-state index in [1.54, 1.807) is 36.4 Å². The molecule has 10 heteroatoms. The molecule has 2 amide bonds. The summed E-state index contributed by atoms with van der Waals surface area (Å²) in [6.07, 6.45) is 1.68. The highest BCUT2D eigenvalue weighted by molar-refractivity contribution is 7.90. The van der Waals surface area contributed by atoms with Crippen LogP contribution in [0.5, 0.6) is 0 Å². The number of aryl methyl sites for hydroxylation is 1. The van der Waals surface area contributed by atoms with Crippen LogP contribution in [0.4, 0.5) is 5.69 Å². The van der Waals surface area contributed by atoms with E-state index in [1.807, 2.05) is 31.9 Å². The highest BCUT2D eigenvalue weighted by Crippen LogP contribution is 2.36. The lowest BCUT2D eigenvalue weighted by Gasteiger charge is -2.32. The van der Waals surface area contributed by atoms with Crippen LogP contribution >= 0.6 is 0 Å². The molecule has 3 heterocycles. The maximum absolute atomic E-state index is 13.3. The summed E-state index contributed by atoms with van der Waals surface area (Å²) in [6, 6.07) is 13.0. The number of fused-ring (bicyclic) bond motifs is 1. The third-order valence-electron chi connectivity index (χ3n) is 7.34. The number of H-pyrrole nitrogens is 1. The summed E-state index contributed by atoms with van der Waals surface area (Å²) in [5, 5.41) is 11.8. The number of piperazine rings is 1. The second-order valence-electron chi connectivity index (χ2n) is 10.0. The molecule has 200 valence electrons. The minimum atomic E-state index is -3.72. The zero-order chi connectivity index (χ0) is 27.9. The van der Waals surface area contributed by atoms with Gasteiger partial charge in [-0.15, -0.1) is 0 Å². The first-order valence-corrected chi connectivity index (χ1v) is 14.3. The standard InChI is InChI=1S/C29H29N5O4S/c1-18-26(31-19(2)27(18)29(36)34-12-10-33(3)11-13-34)15-24-23-14-22(8-9-25(23)32-28(24)35)39(37,38)17-21-6-4-20(16-30)5-7-21/h4-9,14-15,31H,10-13,17H2,1-3H3,(H,32,35)/b24-15-. The number of aromatic nitrogens is 1. The van der Waals surface area contributed by atoms with E-state index < -0.39 is 9.84 Å². The van der Waals surface area contributed by atoms with Crippen LogP contribution < -0.4 is 5.32 Å². The number of amides is 2. The van der Waals surface area contributed by atoms with Crippen molar-refractivity contribution in [2.45, 2.75) is 24.5 Å². The second-order valence-corrected chi connectivity index (χ2v) is 12.0. The van der Waals surface area contributed by atoms with Gasteiger partial charge < -0.3 is 20.1 Å². The van der Waals surface area contributed by atoms with Crippen molar-refractivity contribution >= 4 is 39.0 Å². The normalized spacial score (nSPS) is 16.7. The molecule has 9 nitrogen and oxygen atoms in total. The van der Waals surface area contributed by atoms with Crippen molar-refractivity contribution in [2.24, 2.45) is 0 Å². The van der Waals surface area contributed by atoms with Crippen LogP contribution in [-0.2, 0) is 20.4 Å². The van der Waals surface area contributed by atoms with Crippen LogP contribution in [0.25, 0.3) is 11.6 Å². The molecule has 39 heavy (non-hydrogen) atoms. The number of likely N-dealkylation sites (N-methyl/N-ethyl adjacent to an activating group) is 1. The highest BCUT2D eigenvalue weighted by atomic mass is 32.2. The number of hydrogen-bond acceptors (Lipinski definition) is 6. The van der Waals surface area contributed by atoms with Crippen molar-refractivity contribution in [1.29, 1.82) is 5.26 Å². The maximum atomic E-state index is 13.3. The number of aromatic amines is 1. The largest absolute Gasteiger partial charge is 0.358 e. The summed E-state index contributed by atoms with van der Waals surface area (Å²) in [7, 11) is -1.68. The Kier molecular flexibility index (Phi) is 6.89. The Bertz CT molecular complexity index is 1650. The molecule has 5 rings (SSSR count). The van der Waals surface area contributed by atoms with Crippen LogP contribution in [-0.4, -0.2) is 68.2 Å². The third-order valence-corrected chi connectivity index (χ3v) is 9.03. The van der Waals surface area contributed by atoms with E-state index in [9.17, 15) is 18.0 Å². The lowest BCUT2D eigenvalue weighted by molar-refractivity contribution is -0.110. The van der Waals surface area contributed by atoms with Gasteiger partial charge in [0.15, 0.2) is 9.84 Å². The van der Waals surface area contributed by atoms with Crippen molar-refractivity contribution in [1.82, 2.24) is 14.8 Å². The summed E-state index contributed by atoms with van der Waals surface area (Å²) in [5.74, 6) is -0.610. The molecular formula is C29H29N5O4S. The Balaban J connectivity index is 1.46. The molecule has 0 saturated carbocycles. The second kappa shape index (κ2) is 10.2. The Morgan fingerprint density at radius 1 is 1.08 bits per heavy atom. The van der Waals surface area contributed by atoms with Gasteiger partial charge in [-0.3, -0.25) is 9.59 Å². The lowest BCUT2D eigenvalue weighted by atomic mass is 10.0. The van der Waals surface area contributed by atoms with Crippen molar-refractivity contribution in [3.63, 3.8) is 0 Å². The molecule has 0 atom stereocenters. The van der Waals surface area contributed by atoms with E-state index in [1.165, 1.54) is 12.1 Å². The quantitative estimate of drug-likeness (QED) is 0.475. The van der Waals surface area contributed by atoms with Gasteiger partial charge in [0.25, 0.3) is 11.8 Å². The average Bonchev–Trinajstić information content (AvgIpc) is 3.38. The number of nitrogens with one attached hydrogen (secondary N) is 2. The molecule has 0 aliphatic carbocycles. The maximum Gasteiger partial charge on any atom is 0.256 e. The van der Waals surface area contributed by atoms with Gasteiger partial charge in [-0.1, -0.05) is 12.1 Å². The van der Waals surface area contributed by atoms with Crippen LogP contribution in [0.15, 0.2) is 47.4 Å². The monoisotopic (exact) mass is 543 g/mol. The topological polar surface area (TPSA) is 126 Å². The van der Waals surface area contributed by atoms with Crippen molar-refractivity contribution in [3.8, 4) is 6.07 Å². The van der Waals surface area contributed by atoms with Crippen LogP contribution in [0, 0.1) is 25.2 Å². The van der Waals surface area contributed by atoms with E-state index in [0.717, 1.165) is 24.3 Å². The van der Waals surface area contributed by atoms with E-state index in [0.29, 0.717) is 52.3 Å². The number of anilines is 1. The first-order valence-electron chi connectivity index (χ1n) is 12.6. The Labute approximate surface area is 227 Å². The molecule has 2 aliphatic heterocycles. The first-order chi connectivity index (χ1) is 18.6. The predicted molar refractivity (Wildman–Crippen MR) is 149 cm³/mol. The fourth-order valence-corrected chi connectivity index (χ4v) is 6.40. The molecule has 1 aromatic heterocycles. The fourth-order valence-electron chi connectivity index (χ4n) is 5.03. The fraction of sp³-hybridized carbons (Fsp3) is 0.276. The summed E-state index contributed by atoms with van der Waals surface area (Å²) < 4.78 is 26.4. The Morgan fingerprint density at radius 3 is 2.44 bits per heavy atom. The molecule has 3 aromatic rings. The molecule has 1 fully saturated rings. The first kappa shape index (κ1) is 26.4. The molecule has 2 aliphatic rings. The molecule has 2 aromatic carbocycles. The molecule has 0 bridgehead atoms. The summed E-state index contributed by atoms with van der Waals surface area (Å²) in [5.41, 5.74) is 5.06. The smallest absolute Gasteiger partial charge is 0.256 e. The van der Waals surface area contributed by atoms with E-state index in [4.69, 9.17) is 5.26 Å². The lowest BCUT2D eigenvalue weighted by Crippen LogP contribution is -2.47. The molecule has 0 radical (unpaired) electrons. The van der Waals surface area contributed by atoms with Crippen molar-refractivity contribution in [3.05, 3.63) is 81.7 Å². The number of benzene rings is 2. The number of carbonyl (C=O) groups is 2. The van der Waals surface area contributed by atoms with Gasteiger partial charge in [-0.05, 0) is 68.4 Å². The minimum absolute atomic E-state index is 0.0357. The number of rotatable bonds is 5. The molecular weight excluding hydrogens is 514 g/mol. The molecule has 1 saturated heterocycles. The van der Waals surface area contributed by atoms with Crippen molar-refractivity contribution in [2.75, 3.05) is 38.5 Å². The summed E-state index contributed by atoms with van der Waals surface area (Å²) in [4.78, 5) is 33.6. The zero-order valence-corrected chi connectivity index (χ0v) is 22.9. The van der Waals surface area contributed by atoms with Gasteiger partial charge in [0.1, 0.15) is 0 Å². The van der Waals surface area contributed by atoms with Crippen LogP contribution in [0.2, 0.25) is 0 Å². The van der Waals surface area contributed by atoms with E-state index in [-0.39, 0.29) is 22.5 Å². The minimum Gasteiger partial charge on any atom is -0.358 e. The number of carbonyl (C=O) groups excluding carboxylic acids is 2. The predicted octanol–water partition coefficient (Wildman–Crippen LogP) is 3.36. The molecule has 2 N–H and O–H groups in total. The van der Waals surface area contributed by atoms with Gasteiger partial charge in [-0.2, -0.15) is 5.26 Å². The number of sulfone groups is 1. The van der Waals surface area contributed by atoms with Gasteiger partial charge in [-0.25, -0.2) is 8.42 Å². The SMILES string of the molecule is Cc1[nH]c(/C=C2\C(=O)Nc3ccc(S(=O)(=O)Cc4ccc(C#N)cc4)cc32)c(C)c1C(=O)N1CCN(C)CC1. The van der Waals surface area contributed by atoms with Gasteiger partial charge in [0.2, 0.25) is 0 Å². The Hall–Kier alpha value is -4.20. The molecule has 0 unspecified atom stereocenters. The van der Waals surface area contributed by atoms with Gasteiger partial charge >= 0.3 is 0 Å². The highest BCUT2D eigenvalue weighted by Gasteiger charge is 2.29. The zero-order valence-electron chi connectivity index (χ0n) is 22.0. The third kappa shape index (κ3) is 5.11. The van der Waals surface area contributed by atoms with Crippen molar-refractivity contribution < 1.29 is 18.0 Å². The van der Waals surface area contributed by atoms with Gasteiger partial charge in [0, 0.05) is 48.8 Å². The number of nitriles is 1.